The summed E-state index contributed by atoms with van der Waals surface area (Å²) in [6.45, 7) is -0.0253. The minimum absolute atomic E-state index is 0. The third-order valence-electron chi connectivity index (χ3n) is 3.37. The Morgan fingerprint density at radius 2 is 2.20 bits per heavy atom. The first-order chi connectivity index (χ1) is 9.11. The van der Waals surface area contributed by atoms with Crippen molar-refractivity contribution in [2.24, 2.45) is 0 Å². The molecule has 0 N–H and O–H groups in total. The molecule has 1 atom stereocenters. The van der Waals surface area contributed by atoms with E-state index >= 15 is 0 Å². The summed E-state index contributed by atoms with van der Waals surface area (Å²) < 4.78 is 11.4. The number of hydrogen-bond acceptors (Lipinski definition) is 4. The van der Waals surface area contributed by atoms with Gasteiger partial charge in [0.25, 0.3) is 0 Å². The predicted octanol–water partition coefficient (Wildman–Crippen LogP) is -1.14. The Labute approximate surface area is 149 Å². The van der Waals surface area contributed by atoms with Crippen molar-refractivity contribution in [3.63, 3.8) is 0 Å². The maximum Gasteiger partial charge on any atom is 1.00 e. The fourth-order valence-corrected chi connectivity index (χ4v) is 2.50. The Kier molecular flexibility index (Phi) is 7.54. The third kappa shape index (κ3) is 4.46. The van der Waals surface area contributed by atoms with Crippen LogP contribution in [-0.4, -0.2) is 25.8 Å². The second kappa shape index (κ2) is 8.39. The summed E-state index contributed by atoms with van der Waals surface area (Å²) in [6.07, 6.45) is 2.36. The van der Waals surface area contributed by atoms with Gasteiger partial charge in [0, 0.05) is 11.6 Å². The van der Waals surface area contributed by atoms with Crippen LogP contribution in [0.5, 0.6) is 5.75 Å². The van der Waals surface area contributed by atoms with E-state index in [4.69, 9.17) is 9.47 Å². The molecular formula is C14H16BrNaO4. The second-order valence-corrected chi connectivity index (χ2v) is 5.61. The molecule has 0 unspecified atom stereocenters. The summed E-state index contributed by atoms with van der Waals surface area (Å²) in [6, 6.07) is 5.64. The largest absolute Gasteiger partial charge is 1.00 e. The molecule has 0 bridgehead atoms. The number of ether oxygens (including phenoxy) is 2. The van der Waals surface area contributed by atoms with Crippen molar-refractivity contribution in [3.8, 4) is 5.75 Å². The summed E-state index contributed by atoms with van der Waals surface area (Å²) in [5.74, 6) is -0.194. The van der Waals surface area contributed by atoms with Crippen LogP contribution in [0.4, 0.5) is 0 Å². The first kappa shape index (κ1) is 18.0. The summed E-state index contributed by atoms with van der Waals surface area (Å²) in [5.41, 5.74) is 1.06. The van der Waals surface area contributed by atoms with E-state index in [1.165, 1.54) is 13.5 Å². The molecule has 1 aliphatic carbocycles. The second-order valence-electron chi connectivity index (χ2n) is 4.69. The van der Waals surface area contributed by atoms with Crippen molar-refractivity contribution in [3.05, 3.63) is 28.2 Å². The molecule has 1 saturated carbocycles. The topological polar surface area (TPSA) is 58.6 Å². The van der Waals surface area contributed by atoms with Crippen LogP contribution in [-0.2, 0) is 9.53 Å². The van der Waals surface area contributed by atoms with Gasteiger partial charge in [-0.05, 0) is 42.5 Å². The number of carbonyl (C=O) groups is 1. The van der Waals surface area contributed by atoms with Gasteiger partial charge in [-0.2, -0.15) is 0 Å². The molecule has 4 nitrogen and oxygen atoms in total. The normalized spacial score (nSPS) is 15.9. The van der Waals surface area contributed by atoms with Gasteiger partial charge in [-0.25, -0.2) is 0 Å². The Hall–Kier alpha value is -0.0700. The van der Waals surface area contributed by atoms with Crippen LogP contribution in [0.2, 0.25) is 0 Å². The molecule has 0 amide bonds. The number of methoxy groups -OCH3 is 1. The maximum atomic E-state index is 11.0. The summed E-state index contributed by atoms with van der Waals surface area (Å²) >= 11 is 3.43. The molecule has 20 heavy (non-hydrogen) atoms. The van der Waals surface area contributed by atoms with Crippen LogP contribution in [0.15, 0.2) is 22.7 Å². The van der Waals surface area contributed by atoms with E-state index in [2.05, 4.69) is 15.9 Å². The van der Waals surface area contributed by atoms with Crippen LogP contribution < -0.4 is 39.4 Å². The van der Waals surface area contributed by atoms with Crippen LogP contribution in [0.1, 0.15) is 30.7 Å². The molecule has 1 fully saturated rings. The van der Waals surface area contributed by atoms with E-state index < -0.39 is 12.1 Å². The standard InChI is InChI=1S/C14H17BrO4.Na/c1-18-8-13(14(16)17)19-12-6-5-10(15)7-11(12)9-3-2-4-9;/h5-7,9,13H,2-4,8H2,1H3,(H,16,17);/q;+1/p-1/t13-;/m1./s1. The molecule has 0 aromatic heterocycles. The van der Waals surface area contributed by atoms with Gasteiger partial charge >= 0.3 is 29.6 Å². The molecular weight excluding hydrogens is 335 g/mol. The predicted molar refractivity (Wildman–Crippen MR) is 72.0 cm³/mol. The number of benzene rings is 1. The Bertz CT molecular complexity index is 462. The van der Waals surface area contributed by atoms with Crippen molar-refractivity contribution in [2.75, 3.05) is 13.7 Å². The van der Waals surface area contributed by atoms with Gasteiger partial charge in [-0.1, -0.05) is 22.4 Å². The Balaban J connectivity index is 0.00000200. The van der Waals surface area contributed by atoms with Crippen LogP contribution in [0.25, 0.3) is 0 Å². The Morgan fingerprint density at radius 3 is 2.70 bits per heavy atom. The average Bonchev–Trinajstić information content (AvgIpc) is 2.29. The number of halogens is 1. The van der Waals surface area contributed by atoms with Crippen LogP contribution >= 0.6 is 15.9 Å². The molecule has 6 heteroatoms. The van der Waals surface area contributed by atoms with Gasteiger partial charge in [0.1, 0.15) is 5.75 Å². The fraction of sp³-hybridized carbons (Fsp3) is 0.500. The van der Waals surface area contributed by atoms with Crippen molar-refractivity contribution >= 4 is 21.9 Å². The van der Waals surface area contributed by atoms with Crippen molar-refractivity contribution in [1.29, 1.82) is 0 Å². The Morgan fingerprint density at radius 1 is 1.50 bits per heavy atom. The summed E-state index contributed by atoms with van der Waals surface area (Å²) in [4.78, 5) is 11.0. The van der Waals surface area contributed by atoms with Gasteiger partial charge < -0.3 is 19.4 Å². The zero-order valence-electron chi connectivity index (χ0n) is 11.7. The number of carbonyl (C=O) groups excluding carboxylic acids is 1. The zero-order chi connectivity index (χ0) is 13.8. The van der Waals surface area contributed by atoms with E-state index in [0.717, 1.165) is 22.9 Å². The first-order valence-electron chi connectivity index (χ1n) is 6.27. The molecule has 0 spiro atoms. The zero-order valence-corrected chi connectivity index (χ0v) is 15.3. The van der Waals surface area contributed by atoms with Gasteiger partial charge in [0.05, 0.1) is 12.6 Å². The van der Waals surface area contributed by atoms with Gasteiger partial charge in [0.15, 0.2) is 6.10 Å². The summed E-state index contributed by atoms with van der Waals surface area (Å²) in [5, 5.41) is 11.0. The number of aliphatic carboxylic acids is 1. The van der Waals surface area contributed by atoms with Gasteiger partial charge in [-0.15, -0.1) is 0 Å². The molecule has 0 saturated heterocycles. The van der Waals surface area contributed by atoms with E-state index in [-0.39, 0.29) is 36.2 Å². The van der Waals surface area contributed by atoms with Gasteiger partial charge in [-0.3, -0.25) is 0 Å². The van der Waals surface area contributed by atoms with E-state index in [9.17, 15) is 9.90 Å². The summed E-state index contributed by atoms with van der Waals surface area (Å²) in [7, 11) is 1.44. The van der Waals surface area contributed by atoms with Crippen LogP contribution in [0.3, 0.4) is 0 Å². The number of hydrogen-bond donors (Lipinski definition) is 0. The molecule has 1 aromatic carbocycles. The molecule has 2 rings (SSSR count). The minimum Gasteiger partial charge on any atom is -0.546 e. The smallest absolute Gasteiger partial charge is 0.546 e. The van der Waals surface area contributed by atoms with E-state index in [1.807, 2.05) is 12.1 Å². The molecule has 1 aliphatic rings. The molecule has 0 radical (unpaired) electrons. The van der Waals surface area contributed by atoms with Crippen molar-refractivity contribution in [2.45, 2.75) is 31.3 Å². The van der Waals surface area contributed by atoms with E-state index in [1.54, 1.807) is 6.07 Å². The SMILES string of the molecule is COC[C@@H](Oc1ccc(Br)cc1C1CCC1)C(=O)[O-].[Na+]. The minimum atomic E-state index is -1.26. The molecule has 0 aliphatic heterocycles. The van der Waals surface area contributed by atoms with Crippen molar-refractivity contribution < 1.29 is 48.9 Å². The number of carboxylic acid groups (broad SMARTS) is 1. The molecule has 0 heterocycles. The number of carboxylic acids is 1. The van der Waals surface area contributed by atoms with Crippen molar-refractivity contribution in [1.82, 2.24) is 0 Å². The monoisotopic (exact) mass is 350 g/mol. The van der Waals surface area contributed by atoms with Crippen LogP contribution in [0, 0.1) is 0 Å². The third-order valence-corrected chi connectivity index (χ3v) is 3.86. The van der Waals surface area contributed by atoms with E-state index in [0.29, 0.717) is 11.7 Å². The quantitative estimate of drug-likeness (QED) is 0.609. The fourth-order valence-electron chi connectivity index (χ4n) is 2.12. The molecule has 104 valence electrons. The maximum absolute atomic E-state index is 11.0. The number of rotatable bonds is 6. The average molecular weight is 351 g/mol. The first-order valence-corrected chi connectivity index (χ1v) is 7.07. The van der Waals surface area contributed by atoms with Gasteiger partial charge in [0.2, 0.25) is 0 Å². The molecule has 1 aromatic rings.